The highest BCUT2D eigenvalue weighted by Crippen LogP contribution is 2.06. The fourth-order valence-corrected chi connectivity index (χ4v) is 1.43. The van der Waals surface area contributed by atoms with Crippen molar-refractivity contribution in [1.29, 1.82) is 0 Å². The minimum Gasteiger partial charge on any atom is -0.307 e. The molecule has 1 rings (SSSR count). The average Bonchev–Trinajstić information content (AvgIpc) is 2.58. The second kappa shape index (κ2) is 5.85. The van der Waals surface area contributed by atoms with E-state index >= 15 is 0 Å². The summed E-state index contributed by atoms with van der Waals surface area (Å²) in [7, 11) is 1.92. The molecule has 0 amide bonds. The standard InChI is InChI=1S/C11H22N4/c1-9(2)5-6-10(3)12-7-11-13-8-14-15(11)4/h8-10,12H,5-7H2,1-4H3. The van der Waals surface area contributed by atoms with E-state index in [1.54, 1.807) is 6.33 Å². The predicted octanol–water partition coefficient (Wildman–Crippen LogP) is 1.73. The lowest BCUT2D eigenvalue weighted by atomic mass is 10.0. The molecular weight excluding hydrogens is 188 g/mol. The van der Waals surface area contributed by atoms with Crippen LogP contribution in [0.2, 0.25) is 0 Å². The number of hydrogen-bond donors (Lipinski definition) is 1. The summed E-state index contributed by atoms with van der Waals surface area (Å²) in [5.41, 5.74) is 0. The van der Waals surface area contributed by atoms with Crippen LogP contribution in [0.15, 0.2) is 6.33 Å². The molecule has 1 N–H and O–H groups in total. The molecule has 4 nitrogen and oxygen atoms in total. The molecule has 0 aliphatic heterocycles. The number of nitrogens with zero attached hydrogens (tertiary/aromatic N) is 3. The predicted molar refractivity (Wildman–Crippen MR) is 61.4 cm³/mol. The zero-order chi connectivity index (χ0) is 11.3. The quantitative estimate of drug-likeness (QED) is 0.777. The molecule has 1 unspecified atom stereocenters. The summed E-state index contributed by atoms with van der Waals surface area (Å²) in [6.07, 6.45) is 4.08. The van der Waals surface area contributed by atoms with E-state index in [2.05, 4.69) is 36.2 Å². The molecule has 0 saturated carbocycles. The van der Waals surface area contributed by atoms with Crippen LogP contribution in [0.4, 0.5) is 0 Å². The fourth-order valence-electron chi connectivity index (χ4n) is 1.43. The van der Waals surface area contributed by atoms with Gasteiger partial charge in [-0.2, -0.15) is 5.10 Å². The Labute approximate surface area is 92.1 Å². The van der Waals surface area contributed by atoms with Crippen LogP contribution in [0.1, 0.15) is 39.4 Å². The van der Waals surface area contributed by atoms with Gasteiger partial charge in [-0.1, -0.05) is 13.8 Å². The first kappa shape index (κ1) is 12.2. The minimum absolute atomic E-state index is 0.545. The molecule has 0 bridgehead atoms. The van der Waals surface area contributed by atoms with Crippen molar-refractivity contribution in [3.8, 4) is 0 Å². The molecule has 0 saturated heterocycles. The van der Waals surface area contributed by atoms with Crippen molar-refractivity contribution in [3.05, 3.63) is 12.2 Å². The Kier molecular flexibility index (Phi) is 4.75. The molecular formula is C11H22N4. The number of aromatic nitrogens is 3. The largest absolute Gasteiger partial charge is 0.307 e. The third kappa shape index (κ3) is 4.42. The summed E-state index contributed by atoms with van der Waals surface area (Å²) >= 11 is 0. The lowest BCUT2D eigenvalue weighted by Crippen LogP contribution is -2.27. The molecule has 4 heteroatoms. The summed E-state index contributed by atoms with van der Waals surface area (Å²) in [4.78, 5) is 4.17. The molecule has 1 aromatic rings. The number of hydrogen-bond acceptors (Lipinski definition) is 3. The van der Waals surface area contributed by atoms with Gasteiger partial charge in [-0.05, 0) is 25.7 Å². The van der Waals surface area contributed by atoms with E-state index in [-0.39, 0.29) is 0 Å². The topological polar surface area (TPSA) is 42.7 Å². The van der Waals surface area contributed by atoms with Gasteiger partial charge in [-0.25, -0.2) is 4.98 Å². The van der Waals surface area contributed by atoms with Gasteiger partial charge in [-0.15, -0.1) is 0 Å². The molecule has 15 heavy (non-hydrogen) atoms. The van der Waals surface area contributed by atoms with Crippen LogP contribution in [-0.4, -0.2) is 20.8 Å². The second-order valence-corrected chi connectivity index (χ2v) is 4.55. The molecule has 86 valence electrons. The van der Waals surface area contributed by atoms with Crippen LogP contribution in [0, 0.1) is 5.92 Å². The van der Waals surface area contributed by atoms with E-state index in [1.165, 1.54) is 12.8 Å². The van der Waals surface area contributed by atoms with E-state index in [9.17, 15) is 0 Å². The number of nitrogens with one attached hydrogen (secondary N) is 1. The molecule has 1 heterocycles. The highest BCUT2D eigenvalue weighted by Gasteiger charge is 2.05. The molecule has 1 atom stereocenters. The van der Waals surface area contributed by atoms with Crippen LogP contribution >= 0.6 is 0 Å². The minimum atomic E-state index is 0.545. The van der Waals surface area contributed by atoms with Gasteiger partial charge in [0.2, 0.25) is 0 Å². The SMILES string of the molecule is CC(C)CCC(C)NCc1ncnn1C. The van der Waals surface area contributed by atoms with Crippen molar-refractivity contribution < 1.29 is 0 Å². The van der Waals surface area contributed by atoms with E-state index in [0.717, 1.165) is 18.3 Å². The van der Waals surface area contributed by atoms with Gasteiger partial charge in [0.25, 0.3) is 0 Å². The third-order valence-electron chi connectivity index (χ3n) is 2.59. The van der Waals surface area contributed by atoms with Crippen molar-refractivity contribution in [3.63, 3.8) is 0 Å². The first-order valence-electron chi connectivity index (χ1n) is 5.66. The molecule has 1 aromatic heterocycles. The highest BCUT2D eigenvalue weighted by molar-refractivity contribution is 4.83. The lowest BCUT2D eigenvalue weighted by Gasteiger charge is -2.14. The van der Waals surface area contributed by atoms with Crippen LogP contribution in [-0.2, 0) is 13.6 Å². The van der Waals surface area contributed by atoms with Crippen LogP contribution in [0.25, 0.3) is 0 Å². The van der Waals surface area contributed by atoms with Gasteiger partial charge < -0.3 is 5.32 Å². The highest BCUT2D eigenvalue weighted by atomic mass is 15.3. The van der Waals surface area contributed by atoms with Crippen molar-refractivity contribution in [1.82, 2.24) is 20.1 Å². The van der Waals surface area contributed by atoms with E-state index in [4.69, 9.17) is 0 Å². The van der Waals surface area contributed by atoms with Gasteiger partial charge in [-0.3, -0.25) is 4.68 Å². The maximum Gasteiger partial charge on any atom is 0.140 e. The zero-order valence-corrected chi connectivity index (χ0v) is 10.2. The Bertz CT molecular complexity index is 280. The Balaban J connectivity index is 2.22. The summed E-state index contributed by atoms with van der Waals surface area (Å²) in [5, 5.41) is 7.49. The summed E-state index contributed by atoms with van der Waals surface area (Å²) in [5.74, 6) is 1.77. The van der Waals surface area contributed by atoms with Gasteiger partial charge in [0.1, 0.15) is 12.2 Å². The van der Waals surface area contributed by atoms with E-state index < -0.39 is 0 Å². The van der Waals surface area contributed by atoms with Crippen LogP contribution < -0.4 is 5.32 Å². The molecule has 0 aliphatic rings. The average molecular weight is 210 g/mol. The van der Waals surface area contributed by atoms with E-state index in [0.29, 0.717) is 6.04 Å². The Morgan fingerprint density at radius 3 is 2.60 bits per heavy atom. The first-order chi connectivity index (χ1) is 7.09. The molecule has 0 aromatic carbocycles. The first-order valence-corrected chi connectivity index (χ1v) is 5.66. The summed E-state index contributed by atoms with van der Waals surface area (Å²) in [6, 6.07) is 0.545. The molecule has 0 spiro atoms. The third-order valence-corrected chi connectivity index (χ3v) is 2.59. The van der Waals surface area contributed by atoms with Crippen molar-refractivity contribution in [2.24, 2.45) is 13.0 Å². The van der Waals surface area contributed by atoms with Crippen molar-refractivity contribution in [2.45, 2.75) is 46.2 Å². The van der Waals surface area contributed by atoms with Crippen LogP contribution in [0.3, 0.4) is 0 Å². The monoisotopic (exact) mass is 210 g/mol. The number of aryl methyl sites for hydroxylation is 1. The maximum atomic E-state index is 4.17. The fraction of sp³-hybridized carbons (Fsp3) is 0.818. The summed E-state index contributed by atoms with van der Waals surface area (Å²) in [6.45, 7) is 7.54. The van der Waals surface area contributed by atoms with E-state index in [1.807, 2.05) is 11.7 Å². The van der Waals surface area contributed by atoms with Crippen molar-refractivity contribution in [2.75, 3.05) is 0 Å². The molecule has 0 fully saturated rings. The van der Waals surface area contributed by atoms with Gasteiger partial charge >= 0.3 is 0 Å². The molecule has 0 aliphatic carbocycles. The van der Waals surface area contributed by atoms with Gasteiger partial charge in [0.05, 0.1) is 6.54 Å². The van der Waals surface area contributed by atoms with Crippen molar-refractivity contribution >= 4 is 0 Å². The van der Waals surface area contributed by atoms with Crippen LogP contribution in [0.5, 0.6) is 0 Å². The maximum absolute atomic E-state index is 4.17. The molecule has 0 radical (unpaired) electrons. The Morgan fingerprint density at radius 2 is 2.07 bits per heavy atom. The number of rotatable bonds is 6. The zero-order valence-electron chi connectivity index (χ0n) is 10.2. The van der Waals surface area contributed by atoms with Gasteiger partial charge in [0.15, 0.2) is 0 Å². The smallest absolute Gasteiger partial charge is 0.140 e. The Hall–Kier alpha value is -0.900. The summed E-state index contributed by atoms with van der Waals surface area (Å²) < 4.78 is 1.81. The Morgan fingerprint density at radius 1 is 1.33 bits per heavy atom. The second-order valence-electron chi connectivity index (χ2n) is 4.55. The normalized spacial score (nSPS) is 13.4. The van der Waals surface area contributed by atoms with Gasteiger partial charge in [0, 0.05) is 13.1 Å². The lowest BCUT2D eigenvalue weighted by molar-refractivity contribution is 0.442.